The molecular weight excluding hydrogens is 300 g/mol. The maximum atomic E-state index is 6.14. The number of nitrogens with one attached hydrogen (secondary N) is 2. The van der Waals surface area contributed by atoms with Crippen LogP contribution >= 0.6 is 23.8 Å². The average molecular weight is 317 g/mol. The van der Waals surface area contributed by atoms with Gasteiger partial charge in [0.15, 0.2) is 5.11 Å². The van der Waals surface area contributed by atoms with E-state index in [0.29, 0.717) is 10.1 Å². The normalized spacial score (nSPS) is 13.4. The molecule has 1 aliphatic carbocycles. The van der Waals surface area contributed by atoms with Crippen molar-refractivity contribution in [3.63, 3.8) is 0 Å². The van der Waals surface area contributed by atoms with Crippen LogP contribution in [0.25, 0.3) is 0 Å². The first-order valence-corrected chi connectivity index (χ1v) is 7.96. The van der Waals surface area contributed by atoms with E-state index >= 15 is 0 Å². The molecule has 0 heterocycles. The van der Waals surface area contributed by atoms with Gasteiger partial charge in [0.25, 0.3) is 0 Å². The lowest BCUT2D eigenvalue weighted by atomic mass is 9.90. The lowest BCUT2D eigenvalue weighted by Crippen LogP contribution is -2.21. The van der Waals surface area contributed by atoms with Gasteiger partial charge in [-0.05, 0) is 67.2 Å². The number of hydrogen-bond donors (Lipinski definition) is 2. The monoisotopic (exact) mass is 316 g/mol. The van der Waals surface area contributed by atoms with Crippen LogP contribution in [0.1, 0.15) is 24.0 Å². The first-order chi connectivity index (χ1) is 10.2. The minimum absolute atomic E-state index is 0.571. The van der Waals surface area contributed by atoms with E-state index < -0.39 is 0 Å². The summed E-state index contributed by atoms with van der Waals surface area (Å²) >= 11 is 11.5. The summed E-state index contributed by atoms with van der Waals surface area (Å²) < 4.78 is 0. The predicted octanol–water partition coefficient (Wildman–Crippen LogP) is 5.03. The maximum Gasteiger partial charge on any atom is 0.175 e. The topological polar surface area (TPSA) is 24.1 Å². The Morgan fingerprint density at radius 2 is 1.62 bits per heavy atom. The van der Waals surface area contributed by atoms with Gasteiger partial charge in [-0.3, -0.25) is 0 Å². The molecule has 0 fully saturated rings. The van der Waals surface area contributed by atoms with Crippen molar-refractivity contribution in [3.8, 4) is 0 Å². The first kappa shape index (κ1) is 14.4. The van der Waals surface area contributed by atoms with Gasteiger partial charge in [-0.15, -0.1) is 0 Å². The second kappa shape index (κ2) is 6.46. The Morgan fingerprint density at radius 1 is 0.905 bits per heavy atom. The molecule has 2 aromatic rings. The van der Waals surface area contributed by atoms with E-state index in [1.807, 2.05) is 24.3 Å². The summed E-state index contributed by atoms with van der Waals surface area (Å²) in [5.41, 5.74) is 4.76. The zero-order chi connectivity index (χ0) is 14.7. The number of halogens is 1. The van der Waals surface area contributed by atoms with Gasteiger partial charge in [-0.1, -0.05) is 35.9 Å². The minimum atomic E-state index is 0.571. The lowest BCUT2D eigenvalue weighted by molar-refractivity contribution is 0.687. The van der Waals surface area contributed by atoms with Crippen molar-refractivity contribution >= 4 is 40.3 Å². The molecule has 0 spiro atoms. The molecule has 0 unspecified atom stereocenters. The van der Waals surface area contributed by atoms with E-state index in [2.05, 4.69) is 28.8 Å². The Hall–Kier alpha value is -1.58. The van der Waals surface area contributed by atoms with Crippen molar-refractivity contribution < 1.29 is 0 Å². The average Bonchev–Trinajstić information content (AvgIpc) is 2.50. The first-order valence-electron chi connectivity index (χ1n) is 7.17. The zero-order valence-corrected chi connectivity index (χ0v) is 13.2. The van der Waals surface area contributed by atoms with Crippen LogP contribution in [0.3, 0.4) is 0 Å². The highest BCUT2D eigenvalue weighted by atomic mass is 35.5. The van der Waals surface area contributed by atoms with Crippen molar-refractivity contribution in [1.82, 2.24) is 0 Å². The molecule has 0 amide bonds. The molecule has 2 N–H and O–H groups in total. The molecule has 21 heavy (non-hydrogen) atoms. The van der Waals surface area contributed by atoms with Gasteiger partial charge >= 0.3 is 0 Å². The highest BCUT2D eigenvalue weighted by Gasteiger charge is 2.13. The van der Waals surface area contributed by atoms with E-state index in [0.717, 1.165) is 24.2 Å². The highest BCUT2D eigenvalue weighted by molar-refractivity contribution is 7.80. The van der Waals surface area contributed by atoms with Crippen molar-refractivity contribution in [2.24, 2.45) is 0 Å². The summed E-state index contributed by atoms with van der Waals surface area (Å²) in [6.07, 6.45) is 4.80. The van der Waals surface area contributed by atoms with Crippen molar-refractivity contribution in [1.29, 1.82) is 0 Å². The standard InChI is InChI=1S/C17H17ClN2S/c18-14-9-3-4-10-16(14)20-17(21)19-15-11-5-7-12-6-1-2-8-13(12)15/h3-5,7,9-11H,1-2,6,8H2,(H2,19,20,21). The Balaban J connectivity index is 1.75. The number of rotatable bonds is 2. The largest absolute Gasteiger partial charge is 0.332 e. The molecule has 0 saturated carbocycles. The van der Waals surface area contributed by atoms with Crippen molar-refractivity contribution in [3.05, 3.63) is 58.6 Å². The lowest BCUT2D eigenvalue weighted by Gasteiger charge is -2.20. The van der Waals surface area contributed by atoms with Crippen molar-refractivity contribution in [2.75, 3.05) is 10.6 Å². The third-order valence-corrected chi connectivity index (χ3v) is 4.30. The van der Waals surface area contributed by atoms with E-state index in [1.54, 1.807) is 0 Å². The molecule has 0 saturated heterocycles. The molecule has 0 aliphatic heterocycles. The Bertz CT molecular complexity index is 670. The van der Waals surface area contributed by atoms with Crippen LogP contribution < -0.4 is 10.6 Å². The molecule has 0 atom stereocenters. The fraction of sp³-hybridized carbons (Fsp3) is 0.235. The molecular formula is C17H17ClN2S. The molecule has 3 rings (SSSR count). The molecule has 4 heteroatoms. The number of thiocarbonyl (C=S) groups is 1. The van der Waals surface area contributed by atoms with Gasteiger partial charge in [0.05, 0.1) is 10.7 Å². The molecule has 2 aromatic carbocycles. The highest BCUT2D eigenvalue weighted by Crippen LogP contribution is 2.28. The maximum absolute atomic E-state index is 6.14. The van der Waals surface area contributed by atoms with Gasteiger partial charge in [-0.25, -0.2) is 0 Å². The Morgan fingerprint density at radius 3 is 2.48 bits per heavy atom. The van der Waals surface area contributed by atoms with Crippen LogP contribution in [0.5, 0.6) is 0 Å². The number of para-hydroxylation sites is 1. The minimum Gasteiger partial charge on any atom is -0.332 e. The van der Waals surface area contributed by atoms with Crippen LogP contribution in [-0.2, 0) is 12.8 Å². The van der Waals surface area contributed by atoms with Gasteiger partial charge in [0, 0.05) is 5.69 Å². The summed E-state index contributed by atoms with van der Waals surface area (Å²) in [4.78, 5) is 0. The Labute approximate surface area is 135 Å². The molecule has 108 valence electrons. The van der Waals surface area contributed by atoms with E-state index in [4.69, 9.17) is 23.8 Å². The van der Waals surface area contributed by atoms with Gasteiger partial charge in [0.1, 0.15) is 0 Å². The quantitative estimate of drug-likeness (QED) is 0.760. The van der Waals surface area contributed by atoms with Crippen molar-refractivity contribution in [2.45, 2.75) is 25.7 Å². The van der Waals surface area contributed by atoms with Gasteiger partial charge in [-0.2, -0.15) is 0 Å². The SMILES string of the molecule is S=C(Nc1ccccc1Cl)Nc1cccc2c1CCCC2. The van der Waals surface area contributed by atoms with Gasteiger partial charge < -0.3 is 10.6 Å². The van der Waals surface area contributed by atoms with E-state index in [9.17, 15) is 0 Å². The summed E-state index contributed by atoms with van der Waals surface area (Å²) in [6.45, 7) is 0. The van der Waals surface area contributed by atoms with E-state index in [1.165, 1.54) is 24.0 Å². The second-order valence-corrected chi connectivity index (χ2v) is 6.02. The number of aryl methyl sites for hydroxylation is 1. The van der Waals surface area contributed by atoms with Crippen LogP contribution in [0.15, 0.2) is 42.5 Å². The number of anilines is 2. The number of hydrogen-bond acceptors (Lipinski definition) is 1. The molecule has 2 nitrogen and oxygen atoms in total. The number of benzene rings is 2. The third kappa shape index (κ3) is 3.36. The fourth-order valence-corrected chi connectivity index (χ4v) is 3.14. The summed E-state index contributed by atoms with van der Waals surface area (Å²) in [7, 11) is 0. The van der Waals surface area contributed by atoms with Crippen LogP contribution in [0.4, 0.5) is 11.4 Å². The number of fused-ring (bicyclic) bond motifs is 1. The smallest absolute Gasteiger partial charge is 0.175 e. The summed E-state index contributed by atoms with van der Waals surface area (Å²) in [5, 5.41) is 7.70. The summed E-state index contributed by atoms with van der Waals surface area (Å²) in [5.74, 6) is 0. The molecule has 1 aliphatic rings. The Kier molecular flexibility index (Phi) is 4.42. The van der Waals surface area contributed by atoms with Gasteiger partial charge in [0.2, 0.25) is 0 Å². The van der Waals surface area contributed by atoms with E-state index in [-0.39, 0.29) is 0 Å². The third-order valence-electron chi connectivity index (χ3n) is 3.77. The molecule has 0 radical (unpaired) electrons. The second-order valence-electron chi connectivity index (χ2n) is 5.21. The molecule has 0 aromatic heterocycles. The van der Waals surface area contributed by atoms with Crippen LogP contribution in [0.2, 0.25) is 5.02 Å². The molecule has 0 bridgehead atoms. The fourth-order valence-electron chi connectivity index (χ4n) is 2.74. The zero-order valence-electron chi connectivity index (χ0n) is 11.7. The van der Waals surface area contributed by atoms with Crippen LogP contribution in [-0.4, -0.2) is 5.11 Å². The summed E-state index contributed by atoms with van der Waals surface area (Å²) in [6, 6.07) is 14.0. The predicted molar refractivity (Wildman–Crippen MR) is 94.4 cm³/mol. The van der Waals surface area contributed by atoms with Crippen LogP contribution in [0, 0.1) is 0 Å².